The average Bonchev–Trinajstić information content (AvgIpc) is 2.15. The highest BCUT2D eigenvalue weighted by molar-refractivity contribution is 6.67. The van der Waals surface area contributed by atoms with E-state index in [4.69, 9.17) is 11.6 Å². The van der Waals surface area contributed by atoms with Crippen LogP contribution in [-0.4, -0.2) is 11.8 Å². The van der Waals surface area contributed by atoms with Gasteiger partial charge in [0.15, 0.2) is 0 Å². The first kappa shape index (κ1) is 10.1. The average molecular weight is 198 g/mol. The Kier molecular flexibility index (Phi) is 3.77. The third-order valence-electron chi connectivity index (χ3n) is 1.69. The smallest absolute Gasteiger partial charge is 0.252 e. The Bertz CT molecular complexity index is 281. The molecule has 0 heterocycles. The molecule has 1 aromatic rings. The van der Waals surface area contributed by atoms with Crippen LogP contribution in [0, 0.1) is 0 Å². The van der Waals surface area contributed by atoms with Crippen molar-refractivity contribution in [3.05, 3.63) is 29.8 Å². The molecule has 0 amide bonds. The quantitative estimate of drug-likeness (QED) is 0.753. The van der Waals surface area contributed by atoms with E-state index in [0.29, 0.717) is 5.56 Å². The maximum absolute atomic E-state index is 10.7. The molecule has 0 atom stereocenters. The van der Waals surface area contributed by atoms with Gasteiger partial charge in [0.25, 0.3) is 5.24 Å². The van der Waals surface area contributed by atoms with E-state index in [-0.39, 0.29) is 0 Å². The molecule has 0 saturated heterocycles. The summed E-state index contributed by atoms with van der Waals surface area (Å²) < 4.78 is 0. The monoisotopic (exact) mass is 197 g/mol. The van der Waals surface area contributed by atoms with Crippen molar-refractivity contribution in [2.75, 3.05) is 11.9 Å². The van der Waals surface area contributed by atoms with E-state index >= 15 is 0 Å². The molecule has 0 unspecified atom stereocenters. The number of halogens is 1. The van der Waals surface area contributed by atoms with Crippen LogP contribution >= 0.6 is 11.6 Å². The third-order valence-corrected chi connectivity index (χ3v) is 1.91. The molecule has 0 aliphatic heterocycles. The standard InChI is InChI=1S/C10H12ClNO/c1-2-7-12-9-5-3-8(4-6-9)10(11)13/h3-6,12H,2,7H2,1H3. The van der Waals surface area contributed by atoms with E-state index in [1.165, 1.54) is 0 Å². The van der Waals surface area contributed by atoms with Gasteiger partial charge in [-0.2, -0.15) is 0 Å². The zero-order valence-electron chi connectivity index (χ0n) is 7.51. The van der Waals surface area contributed by atoms with Crippen molar-refractivity contribution in [2.45, 2.75) is 13.3 Å². The number of hydrogen-bond donors (Lipinski definition) is 1. The molecule has 0 aliphatic carbocycles. The van der Waals surface area contributed by atoms with Gasteiger partial charge >= 0.3 is 0 Å². The predicted molar refractivity (Wildman–Crippen MR) is 55.4 cm³/mol. The molecule has 70 valence electrons. The number of nitrogens with one attached hydrogen (secondary N) is 1. The summed E-state index contributed by atoms with van der Waals surface area (Å²) in [6.45, 7) is 3.04. The molecule has 0 fully saturated rings. The van der Waals surface area contributed by atoms with Crippen molar-refractivity contribution in [2.24, 2.45) is 0 Å². The maximum Gasteiger partial charge on any atom is 0.252 e. The summed E-state index contributed by atoms with van der Waals surface area (Å²) in [6.07, 6.45) is 1.08. The summed E-state index contributed by atoms with van der Waals surface area (Å²) in [7, 11) is 0. The Morgan fingerprint density at radius 2 is 2.00 bits per heavy atom. The number of benzene rings is 1. The summed E-state index contributed by atoms with van der Waals surface area (Å²) in [6, 6.07) is 7.14. The van der Waals surface area contributed by atoms with Crippen LogP contribution in [0.3, 0.4) is 0 Å². The molecule has 1 N–H and O–H groups in total. The van der Waals surface area contributed by atoms with Crippen molar-refractivity contribution in [1.29, 1.82) is 0 Å². The number of carbonyl (C=O) groups is 1. The lowest BCUT2D eigenvalue weighted by Crippen LogP contribution is -1.99. The SMILES string of the molecule is CCCNc1ccc(C(=O)Cl)cc1. The highest BCUT2D eigenvalue weighted by Crippen LogP contribution is 2.10. The Morgan fingerprint density at radius 3 is 2.46 bits per heavy atom. The zero-order valence-corrected chi connectivity index (χ0v) is 8.27. The van der Waals surface area contributed by atoms with E-state index in [1.807, 2.05) is 12.1 Å². The van der Waals surface area contributed by atoms with E-state index in [1.54, 1.807) is 12.1 Å². The largest absolute Gasteiger partial charge is 0.385 e. The second-order valence-corrected chi connectivity index (χ2v) is 3.12. The highest BCUT2D eigenvalue weighted by Gasteiger charge is 1.99. The fourth-order valence-electron chi connectivity index (χ4n) is 0.988. The predicted octanol–water partition coefficient (Wildman–Crippen LogP) is 2.89. The number of anilines is 1. The summed E-state index contributed by atoms with van der Waals surface area (Å²) in [5.41, 5.74) is 1.55. The first-order valence-corrected chi connectivity index (χ1v) is 4.65. The van der Waals surface area contributed by atoms with Crippen molar-refractivity contribution in [3.63, 3.8) is 0 Å². The molecular weight excluding hydrogens is 186 g/mol. The topological polar surface area (TPSA) is 29.1 Å². The van der Waals surface area contributed by atoms with Crippen LogP contribution in [0.15, 0.2) is 24.3 Å². The highest BCUT2D eigenvalue weighted by atomic mass is 35.5. The summed E-state index contributed by atoms with van der Waals surface area (Å²) >= 11 is 5.30. The van der Waals surface area contributed by atoms with E-state index < -0.39 is 5.24 Å². The number of rotatable bonds is 4. The van der Waals surface area contributed by atoms with Crippen LogP contribution in [0.5, 0.6) is 0 Å². The molecule has 0 radical (unpaired) electrons. The number of carbonyl (C=O) groups excluding carboxylic acids is 1. The van der Waals surface area contributed by atoms with E-state index in [9.17, 15) is 4.79 Å². The Balaban J connectivity index is 2.64. The Labute approximate surface area is 82.9 Å². The minimum atomic E-state index is -0.415. The minimum Gasteiger partial charge on any atom is -0.385 e. The van der Waals surface area contributed by atoms with Gasteiger partial charge in [-0.3, -0.25) is 4.79 Å². The molecular formula is C10H12ClNO. The molecule has 2 nitrogen and oxygen atoms in total. The summed E-state index contributed by atoms with van der Waals surface area (Å²) in [4.78, 5) is 10.7. The zero-order chi connectivity index (χ0) is 9.68. The van der Waals surface area contributed by atoms with Crippen LogP contribution in [-0.2, 0) is 0 Å². The molecule has 1 rings (SSSR count). The second kappa shape index (κ2) is 4.87. The van der Waals surface area contributed by atoms with Crippen LogP contribution in [0.2, 0.25) is 0 Å². The Morgan fingerprint density at radius 1 is 1.38 bits per heavy atom. The van der Waals surface area contributed by atoms with E-state index in [2.05, 4.69) is 12.2 Å². The van der Waals surface area contributed by atoms with Gasteiger partial charge in [-0.15, -0.1) is 0 Å². The van der Waals surface area contributed by atoms with E-state index in [0.717, 1.165) is 18.7 Å². The van der Waals surface area contributed by atoms with Crippen molar-refractivity contribution in [3.8, 4) is 0 Å². The van der Waals surface area contributed by atoms with Gasteiger partial charge in [-0.25, -0.2) is 0 Å². The summed E-state index contributed by atoms with van der Waals surface area (Å²) in [5, 5.41) is 2.79. The maximum atomic E-state index is 10.7. The van der Waals surface area contributed by atoms with Gasteiger partial charge in [0.2, 0.25) is 0 Å². The first-order chi connectivity index (χ1) is 6.24. The van der Waals surface area contributed by atoms with Gasteiger partial charge in [0.05, 0.1) is 0 Å². The summed E-state index contributed by atoms with van der Waals surface area (Å²) in [5.74, 6) is 0. The molecule has 3 heteroatoms. The van der Waals surface area contributed by atoms with Crippen molar-refractivity contribution >= 4 is 22.5 Å². The normalized spacial score (nSPS) is 9.69. The van der Waals surface area contributed by atoms with Gasteiger partial charge < -0.3 is 5.32 Å². The fourth-order valence-corrected chi connectivity index (χ4v) is 1.11. The van der Waals surface area contributed by atoms with Crippen molar-refractivity contribution < 1.29 is 4.79 Å². The van der Waals surface area contributed by atoms with Gasteiger partial charge in [-0.1, -0.05) is 6.92 Å². The van der Waals surface area contributed by atoms with Crippen LogP contribution in [0.1, 0.15) is 23.7 Å². The lowest BCUT2D eigenvalue weighted by atomic mass is 10.2. The molecule has 0 spiro atoms. The minimum absolute atomic E-state index is 0.415. The lowest BCUT2D eigenvalue weighted by Gasteiger charge is -2.03. The van der Waals surface area contributed by atoms with Gasteiger partial charge in [-0.05, 0) is 42.3 Å². The van der Waals surface area contributed by atoms with Gasteiger partial charge in [0.1, 0.15) is 0 Å². The molecule has 0 aromatic heterocycles. The first-order valence-electron chi connectivity index (χ1n) is 4.28. The van der Waals surface area contributed by atoms with Gasteiger partial charge in [0, 0.05) is 17.8 Å². The van der Waals surface area contributed by atoms with Crippen LogP contribution in [0.25, 0.3) is 0 Å². The molecule has 0 bridgehead atoms. The van der Waals surface area contributed by atoms with Crippen molar-refractivity contribution in [1.82, 2.24) is 0 Å². The van der Waals surface area contributed by atoms with Crippen LogP contribution < -0.4 is 5.32 Å². The third kappa shape index (κ3) is 3.07. The second-order valence-electron chi connectivity index (χ2n) is 2.78. The number of hydrogen-bond acceptors (Lipinski definition) is 2. The molecule has 0 aliphatic rings. The molecule has 0 saturated carbocycles. The fraction of sp³-hybridized carbons (Fsp3) is 0.300. The molecule has 1 aromatic carbocycles. The Hall–Kier alpha value is -1.02. The van der Waals surface area contributed by atoms with Crippen LogP contribution in [0.4, 0.5) is 5.69 Å². The molecule has 13 heavy (non-hydrogen) atoms. The lowest BCUT2D eigenvalue weighted by molar-refractivity contribution is 0.108.